The fourth-order valence-electron chi connectivity index (χ4n) is 3.80. The normalized spacial score (nSPS) is 14.6. The molecule has 0 saturated carbocycles. The van der Waals surface area contributed by atoms with Crippen LogP contribution in [0.3, 0.4) is 0 Å². The van der Waals surface area contributed by atoms with Crippen molar-refractivity contribution in [1.29, 1.82) is 0 Å². The van der Waals surface area contributed by atoms with Crippen LogP contribution >= 0.6 is 23.2 Å². The number of carbonyl (C=O) groups excluding carboxylic acids is 2. The first kappa shape index (κ1) is 25.2. The average molecular weight is 540 g/mol. The van der Waals surface area contributed by atoms with Crippen LogP contribution in [0, 0.1) is 0 Å². The van der Waals surface area contributed by atoms with Gasteiger partial charge in [0, 0.05) is 20.1 Å². The van der Waals surface area contributed by atoms with E-state index >= 15 is 0 Å². The molecule has 0 aliphatic carbocycles. The minimum Gasteiger partial charge on any atom is -0.467 e. The van der Waals surface area contributed by atoms with Crippen LogP contribution < -0.4 is 10.6 Å². The molecule has 1 aliphatic heterocycles. The molecule has 3 heterocycles. The molecule has 35 heavy (non-hydrogen) atoms. The van der Waals surface area contributed by atoms with Crippen molar-refractivity contribution in [1.82, 2.24) is 19.4 Å². The minimum atomic E-state index is -3.91. The third kappa shape index (κ3) is 5.37. The first-order chi connectivity index (χ1) is 16.7. The van der Waals surface area contributed by atoms with Crippen molar-refractivity contribution in [3.8, 4) is 0 Å². The molecule has 186 valence electrons. The first-order valence-electron chi connectivity index (χ1n) is 10.8. The summed E-state index contributed by atoms with van der Waals surface area (Å²) in [6.45, 7) is 0.912. The van der Waals surface area contributed by atoms with Gasteiger partial charge in [0.1, 0.15) is 16.3 Å². The second-order valence-electron chi connectivity index (χ2n) is 7.97. The fraction of sp³-hybridized carbons (Fsp3) is 0.318. The molecule has 0 unspecified atom stereocenters. The summed E-state index contributed by atoms with van der Waals surface area (Å²) < 4.78 is 34.2. The zero-order valence-corrected chi connectivity index (χ0v) is 21.1. The maximum absolute atomic E-state index is 13.2. The number of nitrogens with zero attached hydrogens (tertiary/aromatic N) is 3. The van der Waals surface area contributed by atoms with Gasteiger partial charge in [-0.2, -0.15) is 9.40 Å². The Morgan fingerprint density at radius 3 is 2.54 bits per heavy atom. The number of amides is 2. The molecule has 4 rings (SSSR count). The number of rotatable bonds is 7. The quantitative estimate of drug-likeness (QED) is 0.471. The molecule has 2 aromatic heterocycles. The van der Waals surface area contributed by atoms with Gasteiger partial charge in [-0.1, -0.05) is 29.6 Å². The number of hydrogen-bond donors (Lipinski definition) is 2. The van der Waals surface area contributed by atoms with Crippen molar-refractivity contribution in [2.75, 3.05) is 18.4 Å². The van der Waals surface area contributed by atoms with Crippen LogP contribution in [0.4, 0.5) is 5.69 Å². The molecule has 0 spiro atoms. The van der Waals surface area contributed by atoms with Crippen LogP contribution in [0.5, 0.6) is 0 Å². The van der Waals surface area contributed by atoms with E-state index in [1.54, 1.807) is 19.2 Å². The van der Waals surface area contributed by atoms with Gasteiger partial charge in [0.2, 0.25) is 10.0 Å². The van der Waals surface area contributed by atoms with Crippen LogP contribution in [0.1, 0.15) is 45.9 Å². The van der Waals surface area contributed by atoms with Gasteiger partial charge in [-0.25, -0.2) is 8.42 Å². The summed E-state index contributed by atoms with van der Waals surface area (Å²) in [7, 11) is -2.36. The lowest BCUT2D eigenvalue weighted by Gasteiger charge is -2.26. The third-order valence-corrected chi connectivity index (χ3v) is 8.28. The Morgan fingerprint density at radius 1 is 1.11 bits per heavy atom. The Balaban J connectivity index is 1.58. The summed E-state index contributed by atoms with van der Waals surface area (Å²) in [4.78, 5) is 25.6. The number of carbonyl (C=O) groups is 2. The smallest absolute Gasteiger partial charge is 0.272 e. The fourth-order valence-corrected chi connectivity index (χ4v) is 6.15. The number of furan rings is 1. The van der Waals surface area contributed by atoms with E-state index < -0.39 is 21.8 Å². The van der Waals surface area contributed by atoms with Gasteiger partial charge < -0.3 is 15.1 Å². The highest BCUT2D eigenvalue weighted by atomic mass is 35.5. The number of anilines is 1. The second-order valence-corrected chi connectivity index (χ2v) is 10.7. The SMILES string of the molecule is Cn1ncc(NC(=O)c2cc(S(=O)(=O)N3CCCCC3)c(Cl)cc2Cl)c1C(=O)NCc1ccco1. The number of piperidine rings is 1. The molecular formula is C22H23Cl2N5O5S. The second kappa shape index (κ2) is 10.4. The first-order valence-corrected chi connectivity index (χ1v) is 13.0. The van der Waals surface area contributed by atoms with Gasteiger partial charge in [0.25, 0.3) is 11.8 Å². The molecule has 0 bridgehead atoms. The molecule has 2 N–H and O–H groups in total. The van der Waals surface area contributed by atoms with Crippen molar-refractivity contribution in [2.45, 2.75) is 30.7 Å². The Labute approximate surface area is 212 Å². The number of aromatic nitrogens is 2. The van der Waals surface area contributed by atoms with Crippen molar-refractivity contribution < 1.29 is 22.4 Å². The number of sulfonamides is 1. The predicted octanol–water partition coefficient (Wildman–Crippen LogP) is 3.68. The molecule has 1 aliphatic rings. The van der Waals surface area contributed by atoms with E-state index in [4.69, 9.17) is 27.6 Å². The molecule has 1 aromatic carbocycles. The molecule has 1 saturated heterocycles. The number of hydrogen-bond acceptors (Lipinski definition) is 6. The third-order valence-electron chi connectivity index (χ3n) is 5.60. The lowest BCUT2D eigenvalue weighted by atomic mass is 10.2. The van der Waals surface area contributed by atoms with Gasteiger partial charge in [0.15, 0.2) is 0 Å². The molecular weight excluding hydrogens is 517 g/mol. The molecule has 0 radical (unpaired) electrons. The van der Waals surface area contributed by atoms with E-state index in [2.05, 4.69) is 15.7 Å². The number of halogens is 2. The summed E-state index contributed by atoms with van der Waals surface area (Å²) >= 11 is 12.5. The lowest BCUT2D eigenvalue weighted by molar-refractivity contribution is 0.0939. The minimum absolute atomic E-state index is 0.0298. The van der Waals surface area contributed by atoms with Gasteiger partial charge in [-0.3, -0.25) is 14.3 Å². The molecule has 0 atom stereocenters. The van der Waals surface area contributed by atoms with E-state index in [1.165, 1.54) is 27.5 Å². The average Bonchev–Trinajstić information content (AvgIpc) is 3.47. The Kier molecular flexibility index (Phi) is 7.50. The largest absolute Gasteiger partial charge is 0.467 e. The van der Waals surface area contributed by atoms with E-state index in [0.717, 1.165) is 25.3 Å². The van der Waals surface area contributed by atoms with Gasteiger partial charge >= 0.3 is 0 Å². The van der Waals surface area contributed by atoms with E-state index in [1.807, 2.05) is 0 Å². The summed E-state index contributed by atoms with van der Waals surface area (Å²) in [6, 6.07) is 5.81. The Morgan fingerprint density at radius 2 is 1.86 bits per heavy atom. The molecule has 1 fully saturated rings. The van der Waals surface area contributed by atoms with Crippen LogP contribution in [0.25, 0.3) is 0 Å². The highest BCUT2D eigenvalue weighted by molar-refractivity contribution is 7.89. The summed E-state index contributed by atoms with van der Waals surface area (Å²) in [5, 5.41) is 9.23. The van der Waals surface area contributed by atoms with Gasteiger partial charge in [-0.05, 0) is 37.1 Å². The summed E-state index contributed by atoms with van der Waals surface area (Å²) in [6.07, 6.45) is 5.27. The zero-order chi connectivity index (χ0) is 25.2. The maximum Gasteiger partial charge on any atom is 0.272 e. The standard InChI is InChI=1S/C22H23Cl2N5O5S/c1-28-20(22(31)25-12-14-6-5-9-34-14)18(13-26-28)27-21(30)15-10-19(17(24)11-16(15)23)35(32,33)29-7-3-2-4-8-29/h5-6,9-11,13H,2-4,7-8,12H2,1H3,(H,25,31)(H,27,30). The highest BCUT2D eigenvalue weighted by Gasteiger charge is 2.30. The van der Waals surface area contributed by atoms with Crippen LogP contribution in [0.15, 0.2) is 46.0 Å². The summed E-state index contributed by atoms with van der Waals surface area (Å²) in [5.41, 5.74) is 0.120. The molecule has 13 heteroatoms. The monoisotopic (exact) mass is 539 g/mol. The van der Waals surface area contributed by atoms with Crippen LogP contribution in [0.2, 0.25) is 10.0 Å². The van der Waals surface area contributed by atoms with E-state index in [-0.39, 0.29) is 38.4 Å². The topological polar surface area (TPSA) is 127 Å². The predicted molar refractivity (Wildman–Crippen MR) is 130 cm³/mol. The maximum atomic E-state index is 13.2. The number of nitrogens with one attached hydrogen (secondary N) is 2. The highest BCUT2D eigenvalue weighted by Crippen LogP contribution is 2.32. The van der Waals surface area contributed by atoms with E-state index in [0.29, 0.717) is 18.8 Å². The molecule has 3 aromatic rings. The molecule has 10 nitrogen and oxygen atoms in total. The van der Waals surface area contributed by atoms with Crippen LogP contribution in [-0.4, -0.2) is 47.4 Å². The lowest BCUT2D eigenvalue weighted by Crippen LogP contribution is -2.35. The summed E-state index contributed by atoms with van der Waals surface area (Å²) in [5.74, 6) is -0.649. The van der Waals surface area contributed by atoms with Crippen molar-refractivity contribution in [3.63, 3.8) is 0 Å². The number of aryl methyl sites for hydroxylation is 1. The number of benzene rings is 1. The van der Waals surface area contributed by atoms with Gasteiger partial charge in [0.05, 0.1) is 40.3 Å². The van der Waals surface area contributed by atoms with Gasteiger partial charge in [-0.15, -0.1) is 0 Å². The van der Waals surface area contributed by atoms with Crippen molar-refractivity contribution in [2.24, 2.45) is 7.05 Å². The van der Waals surface area contributed by atoms with Crippen molar-refractivity contribution in [3.05, 3.63) is 63.8 Å². The van der Waals surface area contributed by atoms with E-state index in [9.17, 15) is 18.0 Å². The van der Waals surface area contributed by atoms with Crippen LogP contribution in [-0.2, 0) is 23.6 Å². The molecule has 2 amide bonds. The van der Waals surface area contributed by atoms with Crippen molar-refractivity contribution >= 4 is 50.7 Å². The Hall–Kier alpha value is -2.86. The Bertz CT molecular complexity index is 1350. The zero-order valence-electron chi connectivity index (χ0n) is 18.8.